The lowest BCUT2D eigenvalue weighted by atomic mass is 10.1. The fourth-order valence-electron chi connectivity index (χ4n) is 1.88. The van der Waals surface area contributed by atoms with E-state index in [0.29, 0.717) is 23.8 Å². The molecule has 20 heavy (non-hydrogen) atoms. The molecule has 0 aromatic carbocycles. The third kappa shape index (κ3) is 2.72. The number of H-pyrrole nitrogens is 1. The number of nitro groups is 1. The third-order valence-corrected chi connectivity index (χ3v) is 3.51. The first kappa shape index (κ1) is 14.3. The molecule has 9 heteroatoms. The molecule has 0 atom stereocenters. The van der Waals surface area contributed by atoms with E-state index in [4.69, 9.17) is 0 Å². The van der Waals surface area contributed by atoms with Crippen LogP contribution >= 0.6 is 11.3 Å². The van der Waals surface area contributed by atoms with E-state index in [1.54, 1.807) is 12.4 Å². The van der Waals surface area contributed by atoms with Gasteiger partial charge in [-0.15, -0.1) is 0 Å². The van der Waals surface area contributed by atoms with Gasteiger partial charge in [-0.25, -0.2) is 4.68 Å². The van der Waals surface area contributed by atoms with Crippen molar-refractivity contribution in [1.29, 1.82) is 0 Å². The monoisotopic (exact) mass is 297 g/mol. The Bertz CT molecular complexity index is 685. The molecule has 0 fully saturated rings. The Kier molecular flexibility index (Phi) is 3.89. The van der Waals surface area contributed by atoms with Crippen LogP contribution in [0.1, 0.15) is 31.2 Å². The molecule has 2 aromatic rings. The number of thiazole rings is 1. The average Bonchev–Trinajstić information content (AvgIpc) is 2.90. The molecule has 2 N–H and O–H groups in total. The number of hydrogen-bond acceptors (Lipinski definition) is 6. The van der Waals surface area contributed by atoms with Crippen molar-refractivity contribution in [3.8, 4) is 0 Å². The molecule has 0 aliphatic rings. The quantitative estimate of drug-likeness (QED) is 0.646. The second-order valence-corrected chi connectivity index (χ2v) is 5.49. The van der Waals surface area contributed by atoms with Gasteiger partial charge in [-0.1, -0.05) is 25.2 Å². The zero-order chi connectivity index (χ0) is 14.9. The molecule has 0 aliphatic heterocycles. The van der Waals surface area contributed by atoms with Crippen molar-refractivity contribution in [3.63, 3.8) is 0 Å². The highest BCUT2D eigenvalue weighted by atomic mass is 32.1. The molecule has 0 saturated heterocycles. The lowest BCUT2D eigenvalue weighted by Crippen LogP contribution is -2.07. The summed E-state index contributed by atoms with van der Waals surface area (Å²) >= 11 is 1.06. The molecule has 0 radical (unpaired) electrons. The number of aromatic amines is 1. The summed E-state index contributed by atoms with van der Waals surface area (Å²) in [6.45, 7) is 4.02. The van der Waals surface area contributed by atoms with Crippen LogP contribution in [0.4, 0.5) is 11.5 Å². The van der Waals surface area contributed by atoms with Gasteiger partial charge in [0.25, 0.3) is 0 Å². The molecule has 0 saturated carbocycles. The summed E-state index contributed by atoms with van der Waals surface area (Å²) in [5.41, 5.74) is 1.11. The van der Waals surface area contributed by atoms with E-state index in [0.717, 1.165) is 11.3 Å². The number of nitrogens with one attached hydrogen (secondary N) is 2. The minimum absolute atomic E-state index is 0.0138. The van der Waals surface area contributed by atoms with Crippen molar-refractivity contribution in [2.45, 2.75) is 26.3 Å². The van der Waals surface area contributed by atoms with Crippen molar-refractivity contribution >= 4 is 22.8 Å². The van der Waals surface area contributed by atoms with Crippen LogP contribution < -0.4 is 10.2 Å². The minimum atomic E-state index is -0.430. The standard InChI is InChI=1S/C11H15N5O3S/c1-6(2)8-9(16(18)19)10(15(3)14-8)12-4-7-5-20-11(17)13-7/h5-6,12H,4H2,1-3H3,(H,13,17). The van der Waals surface area contributed by atoms with E-state index in [-0.39, 0.29) is 16.5 Å². The van der Waals surface area contributed by atoms with Crippen molar-refractivity contribution < 1.29 is 4.92 Å². The van der Waals surface area contributed by atoms with Crippen molar-refractivity contribution in [1.82, 2.24) is 14.8 Å². The maximum Gasteiger partial charge on any atom is 0.334 e. The van der Waals surface area contributed by atoms with Crippen LogP contribution in [0.3, 0.4) is 0 Å². The van der Waals surface area contributed by atoms with Gasteiger partial charge in [-0.3, -0.25) is 14.9 Å². The van der Waals surface area contributed by atoms with Gasteiger partial charge in [0.1, 0.15) is 5.69 Å². The first-order valence-electron chi connectivity index (χ1n) is 6.02. The van der Waals surface area contributed by atoms with Crippen LogP contribution in [0.25, 0.3) is 0 Å². The van der Waals surface area contributed by atoms with Gasteiger partial charge in [0.05, 0.1) is 11.5 Å². The molecule has 0 amide bonds. The summed E-state index contributed by atoms with van der Waals surface area (Å²) in [7, 11) is 1.65. The van der Waals surface area contributed by atoms with E-state index in [1.165, 1.54) is 4.68 Å². The second-order valence-electron chi connectivity index (χ2n) is 4.64. The molecule has 8 nitrogen and oxygen atoms in total. The highest BCUT2D eigenvalue weighted by molar-refractivity contribution is 7.07. The van der Waals surface area contributed by atoms with Gasteiger partial charge in [-0.05, 0) is 0 Å². The van der Waals surface area contributed by atoms with Crippen LogP contribution in [0, 0.1) is 10.1 Å². The molecule has 108 valence electrons. The third-order valence-electron chi connectivity index (χ3n) is 2.79. The number of aromatic nitrogens is 3. The highest BCUT2D eigenvalue weighted by Gasteiger charge is 2.28. The lowest BCUT2D eigenvalue weighted by Gasteiger charge is -2.04. The summed E-state index contributed by atoms with van der Waals surface area (Å²) in [4.78, 5) is 24.3. The van der Waals surface area contributed by atoms with E-state index >= 15 is 0 Å². The topological polar surface area (TPSA) is 106 Å². The number of hydrogen-bond donors (Lipinski definition) is 2. The summed E-state index contributed by atoms with van der Waals surface area (Å²) in [6.07, 6.45) is 0. The Morgan fingerprint density at radius 3 is 2.80 bits per heavy atom. The van der Waals surface area contributed by atoms with Gasteiger partial charge in [0.15, 0.2) is 0 Å². The van der Waals surface area contributed by atoms with Crippen LogP contribution in [0.15, 0.2) is 10.2 Å². The summed E-state index contributed by atoms with van der Waals surface area (Å²) in [5, 5.41) is 20.1. The Morgan fingerprint density at radius 2 is 2.30 bits per heavy atom. The van der Waals surface area contributed by atoms with E-state index in [2.05, 4.69) is 15.4 Å². The van der Waals surface area contributed by atoms with Crippen molar-refractivity contribution in [3.05, 3.63) is 36.5 Å². The van der Waals surface area contributed by atoms with Gasteiger partial charge >= 0.3 is 10.6 Å². The second kappa shape index (κ2) is 5.45. The fourth-order valence-corrected chi connectivity index (χ4v) is 2.46. The molecule has 0 unspecified atom stereocenters. The van der Waals surface area contributed by atoms with E-state index in [1.807, 2.05) is 13.8 Å². The molecule has 2 heterocycles. The fraction of sp³-hybridized carbons (Fsp3) is 0.455. The van der Waals surface area contributed by atoms with Gasteiger partial charge in [0.2, 0.25) is 5.82 Å². The van der Waals surface area contributed by atoms with Crippen LogP contribution in [-0.4, -0.2) is 19.7 Å². The summed E-state index contributed by atoms with van der Waals surface area (Å²) < 4.78 is 1.46. The van der Waals surface area contributed by atoms with E-state index in [9.17, 15) is 14.9 Å². The maximum atomic E-state index is 11.2. The normalized spacial score (nSPS) is 11.0. The molecule has 0 aliphatic carbocycles. The molecule has 0 spiro atoms. The zero-order valence-electron chi connectivity index (χ0n) is 11.3. The largest absolute Gasteiger partial charge is 0.359 e. The number of nitrogens with zero attached hydrogens (tertiary/aromatic N) is 3. The van der Waals surface area contributed by atoms with Crippen molar-refractivity contribution in [2.24, 2.45) is 7.05 Å². The Morgan fingerprint density at radius 1 is 1.60 bits per heavy atom. The molecule has 2 rings (SSSR count). The number of anilines is 1. The van der Waals surface area contributed by atoms with Crippen LogP contribution in [-0.2, 0) is 13.6 Å². The zero-order valence-corrected chi connectivity index (χ0v) is 12.2. The summed E-state index contributed by atoms with van der Waals surface area (Å²) in [5.74, 6) is 0.295. The smallest absolute Gasteiger partial charge is 0.334 e. The summed E-state index contributed by atoms with van der Waals surface area (Å²) in [6, 6.07) is 0. The van der Waals surface area contributed by atoms with Gasteiger partial charge in [0, 0.05) is 24.0 Å². The predicted molar refractivity (Wildman–Crippen MR) is 76.2 cm³/mol. The number of rotatable bonds is 5. The molecular weight excluding hydrogens is 282 g/mol. The Labute approximate surface area is 118 Å². The SMILES string of the molecule is CC(C)c1nn(C)c(NCc2csc(=O)[nH]2)c1[N+](=O)[O-]. The first-order valence-corrected chi connectivity index (χ1v) is 6.90. The van der Waals surface area contributed by atoms with Crippen LogP contribution in [0.5, 0.6) is 0 Å². The first-order chi connectivity index (χ1) is 9.40. The van der Waals surface area contributed by atoms with Gasteiger partial charge < -0.3 is 10.3 Å². The lowest BCUT2D eigenvalue weighted by molar-refractivity contribution is -0.384. The maximum absolute atomic E-state index is 11.2. The Hall–Kier alpha value is -2.16. The Balaban J connectivity index is 2.31. The van der Waals surface area contributed by atoms with Gasteiger partial charge in [-0.2, -0.15) is 5.10 Å². The molecule has 0 bridgehead atoms. The molecular formula is C11H15N5O3S. The number of aryl methyl sites for hydroxylation is 1. The van der Waals surface area contributed by atoms with E-state index < -0.39 is 4.92 Å². The average molecular weight is 297 g/mol. The minimum Gasteiger partial charge on any atom is -0.359 e. The van der Waals surface area contributed by atoms with Crippen molar-refractivity contribution in [2.75, 3.05) is 5.32 Å². The highest BCUT2D eigenvalue weighted by Crippen LogP contribution is 2.32. The van der Waals surface area contributed by atoms with Crippen LogP contribution in [0.2, 0.25) is 0 Å². The molecule has 2 aromatic heterocycles. The predicted octanol–water partition coefficient (Wildman–Crippen LogP) is 1.81.